The van der Waals surface area contributed by atoms with Gasteiger partial charge in [-0.1, -0.05) is 30.3 Å². The van der Waals surface area contributed by atoms with Crippen LogP contribution in [0, 0.1) is 0 Å². The number of carbonyl (C=O) groups excluding carboxylic acids is 2. The van der Waals surface area contributed by atoms with E-state index in [-0.39, 0.29) is 18.4 Å². The van der Waals surface area contributed by atoms with Crippen LogP contribution in [0.4, 0.5) is 11.4 Å². The fourth-order valence-corrected chi connectivity index (χ4v) is 3.77. The number of benzene rings is 3. The fourth-order valence-electron chi connectivity index (χ4n) is 3.77. The number of likely N-dealkylation sites (tertiary alicyclic amines) is 1. The van der Waals surface area contributed by atoms with Gasteiger partial charge in [-0.2, -0.15) is 0 Å². The maximum atomic E-state index is 12.5. The molecule has 0 radical (unpaired) electrons. The number of carbonyl (C=O) groups is 2. The van der Waals surface area contributed by atoms with Crippen LogP contribution >= 0.6 is 0 Å². The number of hydrogen-bond donors (Lipinski definition) is 2. The summed E-state index contributed by atoms with van der Waals surface area (Å²) in [5.41, 5.74) is 3.28. The topological polar surface area (TPSA) is 70.7 Å². The van der Waals surface area contributed by atoms with Crippen LogP contribution in [0.2, 0.25) is 0 Å². The Bertz CT molecular complexity index is 1040. The summed E-state index contributed by atoms with van der Waals surface area (Å²) < 4.78 is 5.77. The summed E-state index contributed by atoms with van der Waals surface area (Å²) in [5.74, 6) is 0.672. The first-order chi connectivity index (χ1) is 16.2. The van der Waals surface area contributed by atoms with Crippen molar-refractivity contribution in [3.8, 4) is 5.75 Å². The Balaban J connectivity index is 1.21. The third kappa shape index (κ3) is 6.59. The minimum Gasteiger partial charge on any atom is -0.489 e. The van der Waals surface area contributed by atoms with E-state index in [1.165, 1.54) is 6.42 Å². The van der Waals surface area contributed by atoms with Gasteiger partial charge in [-0.05, 0) is 73.4 Å². The highest BCUT2D eigenvalue weighted by Gasteiger charge is 2.17. The van der Waals surface area contributed by atoms with Crippen LogP contribution < -0.4 is 15.4 Å². The molecule has 1 saturated heterocycles. The average molecular weight is 444 g/mol. The predicted octanol–water partition coefficient (Wildman–Crippen LogP) is 4.94. The molecule has 33 heavy (non-hydrogen) atoms. The molecule has 6 nitrogen and oxygen atoms in total. The summed E-state index contributed by atoms with van der Waals surface area (Å²) in [6.45, 7) is 2.29. The second-order valence-electron chi connectivity index (χ2n) is 8.13. The summed E-state index contributed by atoms with van der Waals surface area (Å²) in [5, 5.41) is 5.97. The summed E-state index contributed by atoms with van der Waals surface area (Å²) >= 11 is 0. The molecule has 2 amide bonds. The second kappa shape index (κ2) is 11.2. The van der Waals surface area contributed by atoms with Gasteiger partial charge in [-0.25, -0.2) is 0 Å². The largest absolute Gasteiger partial charge is 0.489 e. The van der Waals surface area contributed by atoms with Crippen LogP contribution in [0.3, 0.4) is 0 Å². The van der Waals surface area contributed by atoms with Crippen LogP contribution in [0.25, 0.3) is 0 Å². The molecule has 0 aliphatic carbocycles. The van der Waals surface area contributed by atoms with E-state index in [9.17, 15) is 9.59 Å². The zero-order chi connectivity index (χ0) is 22.9. The van der Waals surface area contributed by atoms with E-state index >= 15 is 0 Å². The van der Waals surface area contributed by atoms with E-state index in [1.807, 2.05) is 83.8 Å². The van der Waals surface area contributed by atoms with Gasteiger partial charge in [0.2, 0.25) is 5.91 Å². The zero-order valence-corrected chi connectivity index (χ0v) is 18.6. The Labute approximate surface area is 194 Å². The molecule has 2 N–H and O–H groups in total. The molecule has 1 fully saturated rings. The van der Waals surface area contributed by atoms with Gasteiger partial charge in [0.1, 0.15) is 12.4 Å². The van der Waals surface area contributed by atoms with Gasteiger partial charge in [0.15, 0.2) is 0 Å². The van der Waals surface area contributed by atoms with Crippen molar-refractivity contribution >= 4 is 23.2 Å². The predicted molar refractivity (Wildman–Crippen MR) is 131 cm³/mol. The van der Waals surface area contributed by atoms with Crippen molar-refractivity contribution in [3.05, 3.63) is 90.0 Å². The monoisotopic (exact) mass is 443 g/mol. The molecule has 0 spiro atoms. The number of piperidine rings is 1. The molecule has 1 heterocycles. The molecule has 1 aliphatic rings. The highest BCUT2D eigenvalue weighted by atomic mass is 16.5. The van der Waals surface area contributed by atoms with Crippen molar-refractivity contribution in [3.63, 3.8) is 0 Å². The summed E-state index contributed by atoms with van der Waals surface area (Å²) in [6, 6.07) is 24.6. The van der Waals surface area contributed by atoms with Gasteiger partial charge >= 0.3 is 0 Å². The van der Waals surface area contributed by atoms with Crippen molar-refractivity contribution in [1.82, 2.24) is 4.90 Å². The molecule has 1 aliphatic heterocycles. The quantitative estimate of drug-likeness (QED) is 0.517. The molecule has 6 heteroatoms. The molecule has 0 saturated carbocycles. The Morgan fingerprint density at radius 3 is 2.15 bits per heavy atom. The number of amides is 2. The molecule has 0 aromatic heterocycles. The summed E-state index contributed by atoms with van der Waals surface area (Å²) in [6.07, 6.45) is 3.34. The molecule has 3 aromatic rings. The normalized spacial score (nSPS) is 13.3. The Morgan fingerprint density at radius 1 is 0.788 bits per heavy atom. The van der Waals surface area contributed by atoms with Gasteiger partial charge < -0.3 is 20.3 Å². The summed E-state index contributed by atoms with van der Waals surface area (Å²) in [4.78, 5) is 26.8. The fraction of sp³-hybridized carbons (Fsp3) is 0.259. The second-order valence-corrected chi connectivity index (χ2v) is 8.13. The maximum absolute atomic E-state index is 12.5. The molecule has 3 aromatic carbocycles. The lowest BCUT2D eigenvalue weighted by molar-refractivity contribution is -0.114. The minimum atomic E-state index is -0.151. The number of rotatable bonds is 8. The smallest absolute Gasteiger partial charge is 0.253 e. The maximum Gasteiger partial charge on any atom is 0.253 e. The SMILES string of the molecule is O=C(CNc1ccc(C(=O)N2CCCCC2)cc1)Nc1ccc(OCc2ccccc2)cc1. The number of ether oxygens (including phenoxy) is 1. The van der Waals surface area contributed by atoms with E-state index < -0.39 is 0 Å². The zero-order valence-electron chi connectivity index (χ0n) is 18.6. The van der Waals surface area contributed by atoms with Gasteiger partial charge in [0, 0.05) is 30.0 Å². The number of nitrogens with one attached hydrogen (secondary N) is 2. The van der Waals surface area contributed by atoms with Crippen LogP contribution in [-0.2, 0) is 11.4 Å². The first-order valence-electron chi connectivity index (χ1n) is 11.4. The minimum absolute atomic E-state index is 0.0789. The highest BCUT2D eigenvalue weighted by molar-refractivity contribution is 5.95. The highest BCUT2D eigenvalue weighted by Crippen LogP contribution is 2.18. The lowest BCUT2D eigenvalue weighted by Gasteiger charge is -2.26. The van der Waals surface area contributed by atoms with Gasteiger partial charge in [-0.15, -0.1) is 0 Å². The molecule has 0 unspecified atom stereocenters. The first-order valence-corrected chi connectivity index (χ1v) is 11.4. The van der Waals surface area contributed by atoms with E-state index in [0.29, 0.717) is 17.9 Å². The molecular formula is C27H29N3O3. The molecule has 4 rings (SSSR count). The van der Waals surface area contributed by atoms with Crippen LogP contribution in [-0.4, -0.2) is 36.3 Å². The molecule has 0 bridgehead atoms. The van der Waals surface area contributed by atoms with E-state index in [2.05, 4.69) is 10.6 Å². The first kappa shape index (κ1) is 22.4. The van der Waals surface area contributed by atoms with Gasteiger partial charge in [-0.3, -0.25) is 9.59 Å². The Morgan fingerprint density at radius 2 is 1.45 bits per heavy atom. The average Bonchev–Trinajstić information content (AvgIpc) is 2.88. The Kier molecular flexibility index (Phi) is 7.59. The Hall–Kier alpha value is -3.80. The lowest BCUT2D eigenvalue weighted by atomic mass is 10.1. The van der Waals surface area contributed by atoms with Crippen molar-refractivity contribution < 1.29 is 14.3 Å². The lowest BCUT2D eigenvalue weighted by Crippen LogP contribution is -2.35. The number of hydrogen-bond acceptors (Lipinski definition) is 4. The van der Waals surface area contributed by atoms with Gasteiger partial charge in [0.25, 0.3) is 5.91 Å². The van der Waals surface area contributed by atoms with Crippen molar-refractivity contribution in [2.45, 2.75) is 25.9 Å². The van der Waals surface area contributed by atoms with Crippen LogP contribution in [0.1, 0.15) is 35.2 Å². The number of anilines is 2. The summed E-state index contributed by atoms with van der Waals surface area (Å²) in [7, 11) is 0. The van der Waals surface area contributed by atoms with E-state index in [1.54, 1.807) is 0 Å². The van der Waals surface area contributed by atoms with Crippen LogP contribution in [0.15, 0.2) is 78.9 Å². The number of nitrogens with zero attached hydrogens (tertiary/aromatic N) is 1. The molecule has 170 valence electrons. The third-order valence-electron chi connectivity index (χ3n) is 5.61. The third-order valence-corrected chi connectivity index (χ3v) is 5.61. The van der Waals surface area contributed by atoms with Gasteiger partial charge in [0.05, 0.1) is 6.54 Å². The van der Waals surface area contributed by atoms with E-state index in [4.69, 9.17) is 4.74 Å². The van der Waals surface area contributed by atoms with E-state index in [0.717, 1.165) is 42.9 Å². The van der Waals surface area contributed by atoms with Crippen molar-refractivity contribution in [2.75, 3.05) is 30.3 Å². The van der Waals surface area contributed by atoms with Crippen molar-refractivity contribution in [2.24, 2.45) is 0 Å². The standard InChI is InChI=1S/C27H29N3O3/c31-26(29-24-13-15-25(16-14-24)33-20-21-7-3-1-4-8-21)19-28-23-11-9-22(10-12-23)27(32)30-17-5-2-6-18-30/h1,3-4,7-16,28H,2,5-6,17-20H2,(H,29,31). The van der Waals surface area contributed by atoms with Crippen molar-refractivity contribution in [1.29, 1.82) is 0 Å². The molecular weight excluding hydrogens is 414 g/mol. The molecule has 0 atom stereocenters. The van der Waals surface area contributed by atoms with Crippen LogP contribution in [0.5, 0.6) is 5.75 Å².